The van der Waals surface area contributed by atoms with E-state index in [2.05, 4.69) is 26.7 Å². The van der Waals surface area contributed by atoms with Crippen LogP contribution in [-0.2, 0) is 0 Å². The third-order valence-electron chi connectivity index (χ3n) is 4.83. The van der Waals surface area contributed by atoms with Crippen molar-refractivity contribution in [3.63, 3.8) is 0 Å². The number of aryl methyl sites for hydroxylation is 2. The van der Waals surface area contributed by atoms with Crippen LogP contribution in [0.4, 0.5) is 5.95 Å². The molecule has 30 heavy (non-hydrogen) atoms. The van der Waals surface area contributed by atoms with Gasteiger partial charge >= 0.3 is 11.9 Å². The van der Waals surface area contributed by atoms with Crippen LogP contribution in [0.1, 0.15) is 21.5 Å². The molecule has 0 radical (unpaired) electrons. The highest BCUT2D eigenvalue weighted by atomic mass is 35.7. The number of carbonyl (C=O) groups is 1. The van der Waals surface area contributed by atoms with Crippen LogP contribution < -0.4 is 27.9 Å². The minimum atomic E-state index is -4.94. The Bertz CT molecular complexity index is 1270. The molecule has 0 unspecified atom stereocenters. The van der Waals surface area contributed by atoms with Gasteiger partial charge in [-0.1, -0.05) is 6.07 Å². The summed E-state index contributed by atoms with van der Waals surface area (Å²) in [6.07, 6.45) is 2.00. The molecule has 0 aliphatic carbocycles. The molecule has 0 bridgehead atoms. The molecular formula is C20H20ClN3O6. The van der Waals surface area contributed by atoms with Gasteiger partial charge in [-0.05, 0) is 55.3 Å². The van der Waals surface area contributed by atoms with E-state index in [4.69, 9.17) is 18.6 Å². The molecule has 0 saturated heterocycles. The minimum Gasteiger partial charge on any atom is -0.478 e. The summed E-state index contributed by atoms with van der Waals surface area (Å²) in [5, 5.41) is 10.5. The van der Waals surface area contributed by atoms with Gasteiger partial charge in [-0.2, -0.15) is 4.40 Å². The van der Waals surface area contributed by atoms with E-state index in [1.54, 1.807) is 6.07 Å². The van der Waals surface area contributed by atoms with Crippen molar-refractivity contribution in [2.24, 2.45) is 0 Å². The molecule has 0 amide bonds. The summed E-state index contributed by atoms with van der Waals surface area (Å²) < 4.78 is 38.2. The van der Waals surface area contributed by atoms with Crippen molar-refractivity contribution < 1.29 is 43.2 Å². The number of carboxylic acids is 1. The highest BCUT2D eigenvalue weighted by Crippen LogP contribution is 2.30. The molecule has 4 rings (SSSR count). The number of carboxylic acid groups (broad SMARTS) is 1. The fourth-order valence-corrected chi connectivity index (χ4v) is 3.54. The van der Waals surface area contributed by atoms with Crippen molar-refractivity contribution >= 4 is 33.9 Å². The summed E-state index contributed by atoms with van der Waals surface area (Å²) in [6, 6.07) is 11.8. The van der Waals surface area contributed by atoms with Crippen LogP contribution in [0.2, 0.25) is 0 Å². The lowest BCUT2D eigenvalue weighted by molar-refractivity contribution is -2.00. The molecule has 9 nitrogen and oxygen atoms in total. The fraction of sp³-hybridized carbons (Fsp3) is 0.200. The molecule has 0 atom stereocenters. The summed E-state index contributed by atoms with van der Waals surface area (Å²) >= 11 is 0. The Kier molecular flexibility index (Phi) is 5.59. The Morgan fingerprint density at radius 1 is 1.03 bits per heavy atom. The first-order valence-electron chi connectivity index (χ1n) is 8.81. The Hall–Kier alpha value is -2.95. The van der Waals surface area contributed by atoms with Gasteiger partial charge in [0.2, 0.25) is 0 Å². The number of halogens is 1. The van der Waals surface area contributed by atoms with Crippen LogP contribution in [0, 0.1) is 24.1 Å². The second kappa shape index (κ2) is 7.71. The molecule has 0 saturated carbocycles. The molecule has 3 aromatic heterocycles. The normalized spacial score (nSPS) is 11.6. The maximum absolute atomic E-state index is 11.9. The van der Waals surface area contributed by atoms with Crippen LogP contribution in [0.15, 0.2) is 42.6 Å². The van der Waals surface area contributed by atoms with Crippen molar-refractivity contribution in [3.8, 4) is 0 Å². The second-order valence-electron chi connectivity index (χ2n) is 7.07. The van der Waals surface area contributed by atoms with E-state index in [0.717, 1.165) is 39.0 Å². The average Bonchev–Trinajstić information content (AvgIpc) is 2.95. The van der Waals surface area contributed by atoms with E-state index < -0.39 is 16.2 Å². The molecule has 0 spiro atoms. The first-order chi connectivity index (χ1) is 13.9. The van der Waals surface area contributed by atoms with Crippen LogP contribution in [0.25, 0.3) is 21.9 Å². The maximum Gasteiger partial charge on any atom is 0.369 e. The molecule has 0 aliphatic rings. The van der Waals surface area contributed by atoms with Gasteiger partial charge in [-0.15, -0.1) is 10.2 Å². The predicted molar refractivity (Wildman–Crippen MR) is 98.8 cm³/mol. The van der Waals surface area contributed by atoms with Gasteiger partial charge in [0.05, 0.1) is 25.9 Å². The molecule has 0 fully saturated rings. The number of hydrogen-bond donors (Lipinski definition) is 1. The van der Waals surface area contributed by atoms with E-state index in [-0.39, 0.29) is 0 Å². The monoisotopic (exact) mass is 433 g/mol. The van der Waals surface area contributed by atoms with Gasteiger partial charge in [-0.25, -0.2) is 27.8 Å². The van der Waals surface area contributed by atoms with Gasteiger partial charge in [0.1, 0.15) is 16.6 Å². The van der Waals surface area contributed by atoms with Gasteiger partial charge in [0, 0.05) is 5.39 Å². The molecular weight excluding hydrogens is 414 g/mol. The zero-order valence-corrected chi connectivity index (χ0v) is 17.5. The SMILES string of the molecule is Cc1cc2c(C(=O)O)cc3c4cccc[n+]4c(N(C)C)n3c2cc1C.[O-][Cl+3]([O-])([O-])[O-]. The average molecular weight is 434 g/mol. The highest BCUT2D eigenvalue weighted by molar-refractivity contribution is 6.06. The Labute approximate surface area is 174 Å². The first kappa shape index (κ1) is 21.8. The number of aromatic carboxylic acids is 1. The molecule has 10 heteroatoms. The number of benzene rings is 1. The third-order valence-corrected chi connectivity index (χ3v) is 4.83. The maximum atomic E-state index is 11.9. The molecule has 158 valence electrons. The lowest BCUT2D eigenvalue weighted by atomic mass is 10.0. The lowest BCUT2D eigenvalue weighted by Gasteiger charge is -2.17. The Morgan fingerprint density at radius 2 is 1.63 bits per heavy atom. The van der Waals surface area contributed by atoms with E-state index >= 15 is 0 Å². The summed E-state index contributed by atoms with van der Waals surface area (Å²) in [7, 11) is -0.946. The molecule has 3 heterocycles. The van der Waals surface area contributed by atoms with Crippen molar-refractivity contribution in [2.45, 2.75) is 13.8 Å². The molecule has 1 aromatic carbocycles. The first-order valence-corrected chi connectivity index (χ1v) is 10.0. The highest BCUT2D eigenvalue weighted by Gasteiger charge is 2.26. The summed E-state index contributed by atoms with van der Waals surface area (Å²) in [5.74, 6) is 0.0771. The van der Waals surface area contributed by atoms with E-state index in [9.17, 15) is 9.90 Å². The summed E-state index contributed by atoms with van der Waals surface area (Å²) in [4.78, 5) is 14.0. The lowest BCUT2D eigenvalue weighted by Crippen LogP contribution is -2.68. The number of aromatic nitrogens is 2. The zero-order chi connectivity index (χ0) is 22.4. The predicted octanol–water partition coefficient (Wildman–Crippen LogP) is -1.54. The van der Waals surface area contributed by atoms with E-state index in [1.165, 1.54) is 0 Å². The van der Waals surface area contributed by atoms with E-state index in [1.807, 2.05) is 51.5 Å². The number of pyridine rings is 2. The van der Waals surface area contributed by atoms with Gasteiger partial charge in [-0.3, -0.25) is 4.90 Å². The minimum absolute atomic E-state index is 0.333. The molecule has 0 aliphatic heterocycles. The largest absolute Gasteiger partial charge is 0.478 e. The van der Waals surface area contributed by atoms with Crippen LogP contribution >= 0.6 is 0 Å². The quantitative estimate of drug-likeness (QED) is 0.377. The third kappa shape index (κ3) is 4.02. The number of imidazole rings is 1. The Balaban J connectivity index is 0.000000461. The van der Waals surface area contributed by atoms with Crippen molar-refractivity contribution in [3.05, 3.63) is 59.3 Å². The van der Waals surface area contributed by atoms with Gasteiger partial charge in [0.25, 0.3) is 0 Å². The van der Waals surface area contributed by atoms with Crippen molar-refractivity contribution in [1.29, 1.82) is 0 Å². The van der Waals surface area contributed by atoms with Crippen LogP contribution in [0.5, 0.6) is 0 Å². The van der Waals surface area contributed by atoms with Crippen LogP contribution in [-0.4, -0.2) is 29.6 Å². The number of anilines is 1. The van der Waals surface area contributed by atoms with Gasteiger partial charge in [0.15, 0.2) is 0 Å². The summed E-state index contributed by atoms with van der Waals surface area (Å²) in [6.45, 7) is 4.07. The Morgan fingerprint density at radius 3 is 2.20 bits per heavy atom. The zero-order valence-electron chi connectivity index (χ0n) is 16.7. The fourth-order valence-electron chi connectivity index (χ4n) is 3.54. The molecule has 1 N–H and O–H groups in total. The topological polar surface area (TPSA) is 141 Å². The second-order valence-corrected chi connectivity index (χ2v) is 7.82. The number of hydrogen-bond acceptors (Lipinski definition) is 6. The molecule has 4 aromatic rings. The number of nitrogens with zero attached hydrogens (tertiary/aromatic N) is 3. The van der Waals surface area contributed by atoms with E-state index in [0.29, 0.717) is 5.56 Å². The standard InChI is InChI=1S/C20H19N3O2.ClHO4/c1-12-9-14-15(19(24)25)11-18-16-7-5-6-8-22(16)20(21(3)4)23(18)17(14)10-13(12)2;2-1(3,4)5/h5-11H,1-4H3;(H,2,3,4,5). The van der Waals surface area contributed by atoms with Gasteiger partial charge < -0.3 is 5.11 Å². The smallest absolute Gasteiger partial charge is 0.369 e. The van der Waals surface area contributed by atoms with Crippen molar-refractivity contribution in [1.82, 2.24) is 4.40 Å². The van der Waals surface area contributed by atoms with Crippen LogP contribution in [0.3, 0.4) is 0 Å². The van der Waals surface area contributed by atoms with Crippen molar-refractivity contribution in [2.75, 3.05) is 19.0 Å². The number of fused-ring (bicyclic) bond motifs is 5. The summed E-state index contributed by atoms with van der Waals surface area (Å²) in [5.41, 5.74) is 5.34. The number of rotatable bonds is 2.